The zero-order valence-electron chi connectivity index (χ0n) is 10.7. The number of amidine groups is 1. The third-order valence-electron chi connectivity index (χ3n) is 3.70. The Kier molecular flexibility index (Phi) is 3.89. The highest BCUT2D eigenvalue weighted by atomic mass is 32.2. The van der Waals surface area contributed by atoms with E-state index in [1.54, 1.807) is 11.3 Å². The van der Waals surface area contributed by atoms with Crippen LogP contribution in [0.25, 0.3) is 0 Å². The Morgan fingerprint density at radius 2 is 2.33 bits per heavy atom. The van der Waals surface area contributed by atoms with E-state index in [1.807, 2.05) is 24.9 Å². The number of hydrogen-bond acceptors (Lipinski definition) is 4. The van der Waals surface area contributed by atoms with Crippen molar-refractivity contribution in [1.82, 2.24) is 10.3 Å². The van der Waals surface area contributed by atoms with E-state index in [2.05, 4.69) is 10.3 Å². The van der Waals surface area contributed by atoms with Gasteiger partial charge in [-0.2, -0.15) is 0 Å². The molecule has 0 amide bonds. The van der Waals surface area contributed by atoms with E-state index in [9.17, 15) is 0 Å². The minimum Gasteiger partial charge on any atom is -0.362 e. The van der Waals surface area contributed by atoms with Gasteiger partial charge in [0.1, 0.15) is 0 Å². The van der Waals surface area contributed by atoms with Crippen molar-refractivity contribution in [3.8, 4) is 0 Å². The fourth-order valence-electron chi connectivity index (χ4n) is 2.70. The van der Waals surface area contributed by atoms with Crippen molar-refractivity contribution >= 4 is 28.3 Å². The minimum absolute atomic E-state index is 0.682. The Morgan fingerprint density at radius 3 is 3.17 bits per heavy atom. The van der Waals surface area contributed by atoms with Crippen molar-refractivity contribution in [3.63, 3.8) is 0 Å². The molecule has 1 aliphatic carbocycles. The second-order valence-corrected chi connectivity index (χ2v) is 7.40. The molecule has 5 heteroatoms. The van der Waals surface area contributed by atoms with Gasteiger partial charge in [-0.05, 0) is 25.7 Å². The van der Waals surface area contributed by atoms with E-state index >= 15 is 0 Å². The van der Waals surface area contributed by atoms with Gasteiger partial charge in [-0.1, -0.05) is 24.6 Å². The molecule has 1 aromatic rings. The maximum Gasteiger partial charge on any atom is 0.157 e. The van der Waals surface area contributed by atoms with Crippen LogP contribution in [-0.2, 0) is 6.54 Å². The van der Waals surface area contributed by atoms with E-state index in [0.29, 0.717) is 6.04 Å². The summed E-state index contributed by atoms with van der Waals surface area (Å²) in [6.07, 6.45) is 7.45. The number of nitrogens with one attached hydrogen (secondary N) is 1. The summed E-state index contributed by atoms with van der Waals surface area (Å²) in [6.45, 7) is 2.82. The van der Waals surface area contributed by atoms with Crippen molar-refractivity contribution < 1.29 is 0 Å². The van der Waals surface area contributed by atoms with E-state index in [0.717, 1.165) is 22.6 Å². The lowest BCUT2D eigenvalue weighted by atomic mass is 9.86. The molecule has 0 bridgehead atoms. The SMILES string of the molecule is Cc1ncc(CN=C2NC3CCCCC3CS2)s1. The third kappa shape index (κ3) is 2.88. The van der Waals surface area contributed by atoms with Gasteiger partial charge in [0.25, 0.3) is 0 Å². The highest BCUT2D eigenvalue weighted by Gasteiger charge is 2.30. The number of thioether (sulfide) groups is 1. The summed E-state index contributed by atoms with van der Waals surface area (Å²) in [5, 5.41) is 5.90. The van der Waals surface area contributed by atoms with E-state index in [-0.39, 0.29) is 0 Å². The molecule has 3 nitrogen and oxygen atoms in total. The Bertz CT molecular complexity index is 441. The van der Waals surface area contributed by atoms with Gasteiger partial charge in [-0.15, -0.1) is 11.3 Å². The summed E-state index contributed by atoms with van der Waals surface area (Å²) in [5.74, 6) is 2.12. The molecule has 2 atom stereocenters. The topological polar surface area (TPSA) is 37.3 Å². The number of rotatable bonds is 2. The lowest BCUT2D eigenvalue weighted by Gasteiger charge is -2.36. The molecule has 2 fully saturated rings. The molecular weight excluding hydrogens is 262 g/mol. The first kappa shape index (κ1) is 12.5. The summed E-state index contributed by atoms with van der Waals surface area (Å²) in [7, 11) is 0. The maximum atomic E-state index is 4.70. The molecule has 18 heavy (non-hydrogen) atoms. The predicted molar refractivity (Wildman–Crippen MR) is 79.3 cm³/mol. The largest absolute Gasteiger partial charge is 0.362 e. The summed E-state index contributed by atoms with van der Waals surface area (Å²) in [5.41, 5.74) is 0. The van der Waals surface area contributed by atoms with Gasteiger partial charge >= 0.3 is 0 Å². The zero-order chi connectivity index (χ0) is 12.4. The van der Waals surface area contributed by atoms with Gasteiger partial charge in [0.05, 0.1) is 11.6 Å². The Hall–Kier alpha value is -0.550. The Morgan fingerprint density at radius 1 is 1.44 bits per heavy atom. The van der Waals surface area contributed by atoms with Gasteiger partial charge in [0.2, 0.25) is 0 Å². The normalized spacial score (nSPS) is 29.9. The van der Waals surface area contributed by atoms with Crippen LogP contribution in [0.2, 0.25) is 0 Å². The molecule has 98 valence electrons. The first-order valence-corrected chi connectivity index (χ1v) is 8.46. The van der Waals surface area contributed by atoms with Gasteiger partial charge < -0.3 is 5.32 Å². The van der Waals surface area contributed by atoms with Crippen molar-refractivity contribution in [3.05, 3.63) is 16.1 Å². The average molecular weight is 281 g/mol. The molecule has 1 aliphatic heterocycles. The number of hydrogen-bond donors (Lipinski definition) is 1. The fourth-order valence-corrected chi connectivity index (χ4v) is 4.58. The molecule has 2 aliphatic rings. The molecule has 2 heterocycles. The van der Waals surface area contributed by atoms with Crippen LogP contribution in [0.4, 0.5) is 0 Å². The van der Waals surface area contributed by atoms with Crippen LogP contribution in [0.1, 0.15) is 35.6 Å². The first-order valence-electron chi connectivity index (χ1n) is 6.66. The number of aromatic nitrogens is 1. The van der Waals surface area contributed by atoms with Crippen LogP contribution in [0, 0.1) is 12.8 Å². The lowest BCUT2D eigenvalue weighted by Crippen LogP contribution is -2.46. The standard InChI is InChI=1S/C13H19N3S2/c1-9-14-6-11(18-9)7-15-13-16-12-5-3-2-4-10(12)8-17-13/h6,10,12H,2-5,7-8H2,1H3,(H,15,16). The fraction of sp³-hybridized carbons (Fsp3) is 0.692. The van der Waals surface area contributed by atoms with Crippen molar-refractivity contribution in [2.24, 2.45) is 10.9 Å². The maximum absolute atomic E-state index is 4.70. The lowest BCUT2D eigenvalue weighted by molar-refractivity contribution is 0.311. The molecule has 1 saturated carbocycles. The number of fused-ring (bicyclic) bond motifs is 1. The highest BCUT2D eigenvalue weighted by Crippen LogP contribution is 2.31. The molecule has 1 saturated heterocycles. The molecule has 3 rings (SSSR count). The van der Waals surface area contributed by atoms with Gasteiger partial charge in [0, 0.05) is 22.9 Å². The van der Waals surface area contributed by atoms with Crippen molar-refractivity contribution in [1.29, 1.82) is 0 Å². The summed E-state index contributed by atoms with van der Waals surface area (Å²) in [4.78, 5) is 10.2. The zero-order valence-corrected chi connectivity index (χ0v) is 12.3. The van der Waals surface area contributed by atoms with E-state index in [1.165, 1.54) is 36.3 Å². The molecule has 0 radical (unpaired) electrons. The quantitative estimate of drug-likeness (QED) is 0.904. The van der Waals surface area contributed by atoms with Crippen LogP contribution < -0.4 is 5.32 Å². The van der Waals surface area contributed by atoms with Gasteiger partial charge in [-0.3, -0.25) is 4.99 Å². The van der Waals surface area contributed by atoms with E-state index in [4.69, 9.17) is 4.99 Å². The molecule has 1 aromatic heterocycles. The molecule has 0 spiro atoms. The second kappa shape index (κ2) is 5.61. The van der Waals surface area contributed by atoms with Gasteiger partial charge in [-0.25, -0.2) is 4.98 Å². The smallest absolute Gasteiger partial charge is 0.157 e. The number of thiazole rings is 1. The van der Waals surface area contributed by atoms with Crippen LogP contribution in [0.3, 0.4) is 0 Å². The predicted octanol–water partition coefficient (Wildman–Crippen LogP) is 3.20. The summed E-state index contributed by atoms with van der Waals surface area (Å²) < 4.78 is 0. The number of aliphatic imine (C=N–C) groups is 1. The van der Waals surface area contributed by atoms with Gasteiger partial charge in [0.15, 0.2) is 5.17 Å². The number of aryl methyl sites for hydroxylation is 1. The first-order chi connectivity index (χ1) is 8.81. The molecule has 2 unspecified atom stereocenters. The van der Waals surface area contributed by atoms with Crippen molar-refractivity contribution in [2.45, 2.75) is 45.2 Å². The van der Waals surface area contributed by atoms with Crippen molar-refractivity contribution in [2.75, 3.05) is 5.75 Å². The third-order valence-corrected chi connectivity index (χ3v) is 5.71. The molecular formula is C13H19N3S2. The number of nitrogens with zero attached hydrogens (tertiary/aromatic N) is 2. The Labute approximate surface area is 116 Å². The molecule has 0 aromatic carbocycles. The summed E-state index contributed by atoms with van der Waals surface area (Å²) >= 11 is 3.64. The van der Waals surface area contributed by atoms with Crippen LogP contribution in [0.5, 0.6) is 0 Å². The van der Waals surface area contributed by atoms with Crippen LogP contribution in [-0.4, -0.2) is 21.9 Å². The average Bonchev–Trinajstić information content (AvgIpc) is 2.82. The second-order valence-electron chi connectivity index (χ2n) is 5.07. The van der Waals surface area contributed by atoms with Crippen LogP contribution in [0.15, 0.2) is 11.2 Å². The Balaban J connectivity index is 1.59. The minimum atomic E-state index is 0.682. The molecule has 1 N–H and O–H groups in total. The monoisotopic (exact) mass is 281 g/mol. The highest BCUT2D eigenvalue weighted by molar-refractivity contribution is 8.13. The van der Waals surface area contributed by atoms with E-state index < -0.39 is 0 Å². The van der Waals surface area contributed by atoms with Crippen LogP contribution >= 0.6 is 23.1 Å². The summed E-state index contributed by atoms with van der Waals surface area (Å²) in [6, 6.07) is 0.682.